The van der Waals surface area contributed by atoms with E-state index in [0.29, 0.717) is 22.6 Å². The number of phenolic OH excluding ortho intramolecular Hbond substituents is 1. The zero-order chi connectivity index (χ0) is 15.4. The van der Waals surface area contributed by atoms with Crippen LogP contribution in [0.3, 0.4) is 0 Å². The summed E-state index contributed by atoms with van der Waals surface area (Å²) in [5.41, 5.74) is 1.64. The summed E-state index contributed by atoms with van der Waals surface area (Å²) in [6.07, 6.45) is 6.11. The summed E-state index contributed by atoms with van der Waals surface area (Å²) >= 11 is 0. The molecule has 0 aliphatic carbocycles. The SMILES string of the molecule is O=C(Nc1cnc(-c2cccc(O)c2)nc1)c1cccnc1. The molecule has 0 spiro atoms. The number of benzene rings is 1. The fraction of sp³-hybridized carbons (Fsp3) is 0. The van der Waals surface area contributed by atoms with Crippen molar-refractivity contribution in [2.75, 3.05) is 5.32 Å². The third kappa shape index (κ3) is 3.06. The van der Waals surface area contributed by atoms with Crippen molar-refractivity contribution < 1.29 is 9.90 Å². The average molecular weight is 292 g/mol. The van der Waals surface area contributed by atoms with Gasteiger partial charge in [-0.25, -0.2) is 9.97 Å². The van der Waals surface area contributed by atoms with Crippen LogP contribution in [0.15, 0.2) is 61.2 Å². The molecule has 1 aromatic carbocycles. The van der Waals surface area contributed by atoms with E-state index < -0.39 is 0 Å². The average Bonchev–Trinajstić information content (AvgIpc) is 2.56. The maximum atomic E-state index is 12.0. The van der Waals surface area contributed by atoms with Crippen molar-refractivity contribution >= 4 is 11.6 Å². The number of rotatable bonds is 3. The van der Waals surface area contributed by atoms with Crippen LogP contribution >= 0.6 is 0 Å². The predicted molar refractivity (Wildman–Crippen MR) is 81.3 cm³/mol. The first-order valence-corrected chi connectivity index (χ1v) is 6.55. The van der Waals surface area contributed by atoms with Crippen molar-refractivity contribution in [1.29, 1.82) is 0 Å². The molecule has 108 valence electrons. The van der Waals surface area contributed by atoms with E-state index in [2.05, 4.69) is 20.3 Å². The van der Waals surface area contributed by atoms with Gasteiger partial charge in [0, 0.05) is 18.0 Å². The summed E-state index contributed by atoms with van der Waals surface area (Å²) in [5, 5.41) is 12.2. The first-order chi connectivity index (χ1) is 10.7. The Kier molecular flexibility index (Phi) is 3.74. The Labute approximate surface area is 126 Å². The second-order valence-electron chi connectivity index (χ2n) is 4.54. The van der Waals surface area contributed by atoms with Crippen LogP contribution in [0.2, 0.25) is 0 Å². The molecule has 0 saturated heterocycles. The summed E-state index contributed by atoms with van der Waals surface area (Å²) in [5.74, 6) is 0.340. The van der Waals surface area contributed by atoms with Gasteiger partial charge in [0.15, 0.2) is 5.82 Å². The molecule has 3 rings (SSSR count). The van der Waals surface area contributed by atoms with Crippen LogP contribution in [0.5, 0.6) is 5.75 Å². The van der Waals surface area contributed by atoms with Gasteiger partial charge in [0.2, 0.25) is 0 Å². The number of carbonyl (C=O) groups is 1. The van der Waals surface area contributed by atoms with Gasteiger partial charge in [-0.05, 0) is 24.3 Å². The molecule has 22 heavy (non-hydrogen) atoms. The fourth-order valence-corrected chi connectivity index (χ4v) is 1.89. The monoisotopic (exact) mass is 292 g/mol. The maximum absolute atomic E-state index is 12.0. The highest BCUT2D eigenvalue weighted by Gasteiger charge is 2.07. The molecule has 0 bridgehead atoms. The number of hydrogen-bond donors (Lipinski definition) is 2. The molecule has 0 atom stereocenters. The molecule has 0 unspecified atom stereocenters. The Morgan fingerprint density at radius 3 is 2.55 bits per heavy atom. The van der Waals surface area contributed by atoms with Gasteiger partial charge in [0.25, 0.3) is 5.91 Å². The number of hydrogen-bond acceptors (Lipinski definition) is 5. The highest BCUT2D eigenvalue weighted by atomic mass is 16.3. The van der Waals surface area contributed by atoms with Crippen molar-refractivity contribution in [3.8, 4) is 17.1 Å². The smallest absolute Gasteiger partial charge is 0.257 e. The quantitative estimate of drug-likeness (QED) is 0.774. The molecule has 0 aliphatic heterocycles. The molecule has 0 saturated carbocycles. The summed E-state index contributed by atoms with van der Waals surface area (Å²) in [6, 6.07) is 10.0. The standard InChI is InChI=1S/C16H12N4O2/c21-14-5-1-3-11(7-14)15-18-9-13(10-19-15)20-16(22)12-4-2-6-17-8-12/h1-10,21H,(H,20,22). The Hall–Kier alpha value is -3.28. The van der Waals surface area contributed by atoms with Crippen LogP contribution in [0.25, 0.3) is 11.4 Å². The molecule has 2 heterocycles. The number of nitrogens with one attached hydrogen (secondary N) is 1. The van der Waals surface area contributed by atoms with Crippen LogP contribution in [-0.2, 0) is 0 Å². The predicted octanol–water partition coefficient (Wildman–Crippen LogP) is 2.50. The van der Waals surface area contributed by atoms with E-state index in [9.17, 15) is 9.90 Å². The van der Waals surface area contributed by atoms with Crippen LogP contribution in [0.1, 0.15) is 10.4 Å². The van der Waals surface area contributed by atoms with Crippen molar-refractivity contribution in [2.45, 2.75) is 0 Å². The van der Waals surface area contributed by atoms with Crippen LogP contribution in [0, 0.1) is 0 Å². The number of anilines is 1. The fourth-order valence-electron chi connectivity index (χ4n) is 1.89. The Balaban J connectivity index is 1.76. The van der Waals surface area contributed by atoms with Gasteiger partial charge in [-0.3, -0.25) is 9.78 Å². The van der Waals surface area contributed by atoms with E-state index in [-0.39, 0.29) is 11.7 Å². The summed E-state index contributed by atoms with van der Waals surface area (Å²) in [7, 11) is 0. The van der Waals surface area contributed by atoms with E-state index in [1.54, 1.807) is 42.6 Å². The number of aromatic hydroxyl groups is 1. The van der Waals surface area contributed by atoms with Crippen LogP contribution in [-0.4, -0.2) is 26.0 Å². The lowest BCUT2D eigenvalue weighted by atomic mass is 10.2. The Morgan fingerprint density at radius 2 is 1.86 bits per heavy atom. The summed E-state index contributed by atoms with van der Waals surface area (Å²) in [4.78, 5) is 24.2. The topological polar surface area (TPSA) is 88.0 Å². The molecule has 0 aliphatic rings. The lowest BCUT2D eigenvalue weighted by Gasteiger charge is -2.05. The van der Waals surface area contributed by atoms with Gasteiger partial charge in [-0.15, -0.1) is 0 Å². The third-order valence-corrected chi connectivity index (χ3v) is 2.94. The minimum absolute atomic E-state index is 0.148. The van der Waals surface area contributed by atoms with Crippen molar-refractivity contribution in [1.82, 2.24) is 15.0 Å². The largest absolute Gasteiger partial charge is 0.508 e. The van der Waals surface area contributed by atoms with Crippen molar-refractivity contribution in [3.63, 3.8) is 0 Å². The Bertz CT molecular complexity index is 789. The molecule has 6 nitrogen and oxygen atoms in total. The molecular formula is C16H12N4O2. The number of nitrogens with zero attached hydrogens (tertiary/aromatic N) is 3. The van der Waals surface area contributed by atoms with Gasteiger partial charge in [-0.2, -0.15) is 0 Å². The van der Waals surface area contributed by atoms with Gasteiger partial charge in [-0.1, -0.05) is 12.1 Å². The van der Waals surface area contributed by atoms with E-state index >= 15 is 0 Å². The second kappa shape index (κ2) is 6.01. The van der Waals surface area contributed by atoms with E-state index in [1.807, 2.05) is 0 Å². The van der Waals surface area contributed by atoms with Gasteiger partial charge in [0.05, 0.1) is 23.6 Å². The van der Waals surface area contributed by atoms with Crippen molar-refractivity contribution in [3.05, 3.63) is 66.7 Å². The van der Waals surface area contributed by atoms with Crippen LogP contribution in [0.4, 0.5) is 5.69 Å². The van der Waals surface area contributed by atoms with Crippen molar-refractivity contribution in [2.24, 2.45) is 0 Å². The molecule has 2 N–H and O–H groups in total. The zero-order valence-electron chi connectivity index (χ0n) is 11.5. The molecule has 6 heteroatoms. The van der Waals surface area contributed by atoms with E-state index in [1.165, 1.54) is 18.6 Å². The minimum Gasteiger partial charge on any atom is -0.508 e. The number of aromatic nitrogens is 3. The van der Waals surface area contributed by atoms with E-state index in [4.69, 9.17) is 0 Å². The highest BCUT2D eigenvalue weighted by molar-refractivity contribution is 6.03. The summed E-state index contributed by atoms with van der Waals surface area (Å²) in [6.45, 7) is 0. The number of amides is 1. The highest BCUT2D eigenvalue weighted by Crippen LogP contribution is 2.20. The number of phenols is 1. The zero-order valence-corrected chi connectivity index (χ0v) is 11.5. The second-order valence-corrected chi connectivity index (χ2v) is 4.54. The van der Waals surface area contributed by atoms with Gasteiger partial charge >= 0.3 is 0 Å². The molecule has 2 aromatic heterocycles. The molecule has 0 fully saturated rings. The maximum Gasteiger partial charge on any atom is 0.257 e. The molecule has 3 aromatic rings. The lowest BCUT2D eigenvalue weighted by Crippen LogP contribution is -2.12. The molecule has 1 amide bonds. The normalized spacial score (nSPS) is 10.2. The van der Waals surface area contributed by atoms with Crippen LogP contribution < -0.4 is 5.32 Å². The van der Waals surface area contributed by atoms with Gasteiger partial charge < -0.3 is 10.4 Å². The molecule has 0 radical (unpaired) electrons. The first kappa shape index (κ1) is 13.7. The molecular weight excluding hydrogens is 280 g/mol. The number of carbonyl (C=O) groups excluding carboxylic acids is 1. The minimum atomic E-state index is -0.276. The van der Waals surface area contributed by atoms with Gasteiger partial charge in [0.1, 0.15) is 5.75 Å². The summed E-state index contributed by atoms with van der Waals surface area (Å²) < 4.78 is 0. The first-order valence-electron chi connectivity index (χ1n) is 6.55. The lowest BCUT2D eigenvalue weighted by molar-refractivity contribution is 0.102. The van der Waals surface area contributed by atoms with E-state index in [0.717, 1.165) is 0 Å². The number of pyridine rings is 1. The Morgan fingerprint density at radius 1 is 1.05 bits per heavy atom. The third-order valence-electron chi connectivity index (χ3n) is 2.94.